The minimum Gasteiger partial charge on any atom is -0.476 e. The Morgan fingerprint density at radius 3 is 2.73 bits per heavy atom. The molecular formula is C26H34N8O3. The number of rotatable bonds is 4. The number of aliphatic hydroxyl groups is 1. The molecule has 2 bridgehead atoms. The first-order valence-electron chi connectivity index (χ1n) is 12.6. The maximum Gasteiger partial charge on any atom is 0.240 e. The quantitative estimate of drug-likeness (QED) is 0.450. The average Bonchev–Trinajstić information content (AvgIpc) is 3.45. The Morgan fingerprint density at radius 1 is 1.19 bits per heavy atom. The van der Waals surface area contributed by atoms with E-state index in [9.17, 15) is 5.11 Å². The summed E-state index contributed by atoms with van der Waals surface area (Å²) < 4.78 is 18.0. The van der Waals surface area contributed by atoms with E-state index >= 15 is 0 Å². The molecule has 5 rings (SSSR count). The molecule has 0 radical (unpaired) electrons. The predicted molar refractivity (Wildman–Crippen MR) is 140 cm³/mol. The van der Waals surface area contributed by atoms with Gasteiger partial charge in [-0.15, -0.1) is 5.10 Å². The van der Waals surface area contributed by atoms with Crippen LogP contribution in [0.3, 0.4) is 0 Å². The number of hydrogen-bond donors (Lipinski definition) is 1. The third kappa shape index (κ3) is 4.84. The van der Waals surface area contributed by atoms with Gasteiger partial charge in [-0.25, -0.2) is 9.67 Å². The minimum absolute atomic E-state index is 0.130. The fourth-order valence-corrected chi connectivity index (χ4v) is 4.85. The van der Waals surface area contributed by atoms with Gasteiger partial charge in [0.2, 0.25) is 11.8 Å². The maximum absolute atomic E-state index is 10.2. The van der Waals surface area contributed by atoms with E-state index in [2.05, 4.69) is 15.0 Å². The second kappa shape index (κ2) is 9.98. The Labute approximate surface area is 216 Å². The molecule has 4 aromatic rings. The van der Waals surface area contributed by atoms with E-state index in [1.165, 1.54) is 0 Å². The fraction of sp³-hybridized carbons (Fsp3) is 0.462. The summed E-state index contributed by atoms with van der Waals surface area (Å²) in [6.45, 7) is 9.80. The first-order chi connectivity index (χ1) is 17.7. The fourth-order valence-electron chi connectivity index (χ4n) is 4.85. The second-order valence-electron chi connectivity index (χ2n) is 9.66. The van der Waals surface area contributed by atoms with E-state index in [1.54, 1.807) is 17.8 Å². The van der Waals surface area contributed by atoms with Crippen LogP contribution < -0.4 is 9.47 Å². The first kappa shape index (κ1) is 25.0. The van der Waals surface area contributed by atoms with Crippen molar-refractivity contribution in [3.8, 4) is 23.0 Å². The van der Waals surface area contributed by atoms with E-state index in [1.807, 2.05) is 68.5 Å². The van der Waals surface area contributed by atoms with Crippen molar-refractivity contribution >= 4 is 17.7 Å². The smallest absolute Gasteiger partial charge is 0.240 e. The Balaban J connectivity index is 1.70. The van der Waals surface area contributed by atoms with Gasteiger partial charge in [0.05, 0.1) is 65.4 Å². The zero-order valence-electron chi connectivity index (χ0n) is 22.2. The predicted octanol–water partition coefficient (Wildman–Crippen LogP) is 2.80. The number of fused-ring (bicyclic) bond motifs is 4. The molecule has 0 spiro atoms. The van der Waals surface area contributed by atoms with Gasteiger partial charge in [0.1, 0.15) is 11.9 Å². The molecule has 0 unspecified atom stereocenters. The zero-order valence-corrected chi connectivity index (χ0v) is 22.2. The van der Waals surface area contributed by atoms with Crippen LogP contribution in [0.15, 0.2) is 18.6 Å². The van der Waals surface area contributed by atoms with Gasteiger partial charge in [0.15, 0.2) is 0 Å². The summed E-state index contributed by atoms with van der Waals surface area (Å²) in [7, 11) is 3.93. The lowest BCUT2D eigenvalue weighted by atomic mass is 10.2. The average molecular weight is 507 g/mol. The van der Waals surface area contributed by atoms with Gasteiger partial charge in [-0.2, -0.15) is 5.10 Å². The molecule has 37 heavy (non-hydrogen) atoms. The number of ether oxygens (including phenoxy) is 2. The van der Waals surface area contributed by atoms with Crippen LogP contribution in [0, 0.1) is 6.92 Å². The van der Waals surface area contributed by atoms with E-state index in [0.717, 1.165) is 39.5 Å². The first-order valence-corrected chi connectivity index (χ1v) is 12.6. The summed E-state index contributed by atoms with van der Waals surface area (Å²) in [5.41, 5.74) is 5.17. The van der Waals surface area contributed by atoms with Crippen LogP contribution in [0.25, 0.3) is 28.9 Å². The Bertz CT molecular complexity index is 1450. The van der Waals surface area contributed by atoms with Crippen molar-refractivity contribution in [3.63, 3.8) is 0 Å². The molecule has 0 aliphatic carbocycles. The molecule has 1 aliphatic rings. The molecule has 0 saturated carbocycles. The summed E-state index contributed by atoms with van der Waals surface area (Å²) >= 11 is 0. The molecule has 0 amide bonds. The van der Waals surface area contributed by atoms with Crippen molar-refractivity contribution in [2.45, 2.75) is 53.0 Å². The molecule has 0 fully saturated rings. The largest absolute Gasteiger partial charge is 0.476 e. The number of imidazole rings is 1. The maximum atomic E-state index is 10.2. The number of aliphatic hydroxyl groups excluding tert-OH is 1. The Morgan fingerprint density at radius 2 is 1.97 bits per heavy atom. The molecular weight excluding hydrogens is 472 g/mol. The van der Waals surface area contributed by atoms with Crippen molar-refractivity contribution < 1.29 is 14.6 Å². The molecule has 11 nitrogen and oxygen atoms in total. The molecule has 196 valence electrons. The van der Waals surface area contributed by atoms with Crippen LogP contribution in [0.5, 0.6) is 11.8 Å². The van der Waals surface area contributed by atoms with E-state index in [-0.39, 0.29) is 6.10 Å². The number of nitrogens with zero attached hydrogens (tertiary/aromatic N) is 8. The molecule has 5 heterocycles. The van der Waals surface area contributed by atoms with Gasteiger partial charge in [0, 0.05) is 26.3 Å². The lowest BCUT2D eigenvalue weighted by Crippen LogP contribution is -2.32. The molecule has 1 N–H and O–H groups in total. The highest BCUT2D eigenvalue weighted by atomic mass is 16.5. The van der Waals surface area contributed by atoms with E-state index in [0.29, 0.717) is 38.0 Å². The van der Waals surface area contributed by atoms with Gasteiger partial charge >= 0.3 is 0 Å². The third-order valence-electron chi connectivity index (χ3n) is 6.35. The van der Waals surface area contributed by atoms with Crippen LogP contribution in [0.2, 0.25) is 0 Å². The highest BCUT2D eigenvalue weighted by molar-refractivity contribution is 5.73. The summed E-state index contributed by atoms with van der Waals surface area (Å²) in [4.78, 5) is 11.5. The lowest BCUT2D eigenvalue weighted by molar-refractivity contribution is 0.142. The summed E-state index contributed by atoms with van der Waals surface area (Å²) in [6.07, 6.45) is 8.84. The molecule has 11 heteroatoms. The van der Waals surface area contributed by atoms with Crippen molar-refractivity contribution in [3.05, 3.63) is 41.4 Å². The van der Waals surface area contributed by atoms with E-state index in [4.69, 9.17) is 19.6 Å². The SMILES string of the molecule is CCOc1nn(C[C@H](C)O)c2c1/C=C/c1ncc3cnc(cn13)-c1c(C)nn(C)c1O[C@@H](C)CN(C)C2. The van der Waals surface area contributed by atoms with E-state index < -0.39 is 6.10 Å². The number of aromatic nitrogens is 7. The van der Waals surface area contributed by atoms with Crippen LogP contribution in [0.1, 0.15) is 43.5 Å². The molecule has 2 atom stereocenters. The highest BCUT2D eigenvalue weighted by Gasteiger charge is 2.24. The van der Waals surface area contributed by atoms with Gasteiger partial charge in [0.25, 0.3) is 0 Å². The van der Waals surface area contributed by atoms with Crippen LogP contribution in [0.4, 0.5) is 0 Å². The Kier molecular flexibility index (Phi) is 6.74. The lowest BCUT2D eigenvalue weighted by Gasteiger charge is -2.23. The summed E-state index contributed by atoms with van der Waals surface area (Å²) in [5, 5.41) is 19.5. The minimum atomic E-state index is -0.555. The van der Waals surface area contributed by atoms with Crippen LogP contribution in [-0.4, -0.2) is 76.3 Å². The summed E-state index contributed by atoms with van der Waals surface area (Å²) in [5.74, 6) is 1.96. The van der Waals surface area contributed by atoms with Gasteiger partial charge in [-0.1, -0.05) is 0 Å². The van der Waals surface area contributed by atoms with Crippen molar-refractivity contribution in [2.24, 2.45) is 7.05 Å². The molecule has 0 aromatic carbocycles. The van der Waals surface area contributed by atoms with Gasteiger partial charge < -0.3 is 14.6 Å². The molecule has 4 aromatic heterocycles. The Hall–Kier alpha value is -3.70. The standard InChI is InChI=1S/C26H34N8O3/c1-7-36-25-20-8-9-23-28-11-19-10-27-21(14-33(19)23)24-18(4)29-32(6)26(24)37-17(3)13-31(5)15-22(20)34(30-25)12-16(2)35/h8-11,14,16-17,35H,7,12-13,15H2,1-6H3/b9-8+/t16-,17-/m0/s1. The second-order valence-corrected chi connectivity index (χ2v) is 9.66. The topological polar surface area (TPSA) is 108 Å². The van der Waals surface area contributed by atoms with Crippen LogP contribution >= 0.6 is 0 Å². The number of likely N-dealkylation sites (N-methyl/N-ethyl adjacent to an activating group) is 1. The molecule has 1 aliphatic heterocycles. The highest BCUT2D eigenvalue weighted by Crippen LogP contribution is 2.33. The van der Waals surface area contributed by atoms with Crippen molar-refractivity contribution in [1.82, 2.24) is 38.8 Å². The summed E-state index contributed by atoms with van der Waals surface area (Å²) in [6, 6.07) is 0. The van der Waals surface area contributed by atoms with Gasteiger partial charge in [-0.3, -0.25) is 19.0 Å². The number of aryl methyl sites for hydroxylation is 2. The van der Waals surface area contributed by atoms with Crippen molar-refractivity contribution in [1.29, 1.82) is 0 Å². The third-order valence-corrected chi connectivity index (χ3v) is 6.35. The van der Waals surface area contributed by atoms with Gasteiger partial charge in [-0.05, 0) is 46.9 Å². The zero-order chi connectivity index (χ0) is 26.3. The van der Waals surface area contributed by atoms with Crippen molar-refractivity contribution in [2.75, 3.05) is 20.2 Å². The van der Waals surface area contributed by atoms with Crippen LogP contribution in [-0.2, 0) is 20.1 Å². The number of hydrogen-bond acceptors (Lipinski definition) is 8. The normalized spacial score (nSPS) is 18.1. The monoisotopic (exact) mass is 506 g/mol. The molecule has 0 saturated heterocycles.